The van der Waals surface area contributed by atoms with Crippen LogP contribution >= 0.6 is 23.1 Å². The average molecular weight is 401 g/mol. The number of thioether (sulfide) groups is 1. The molecule has 0 radical (unpaired) electrons. The van der Waals surface area contributed by atoms with Crippen molar-refractivity contribution >= 4 is 29.0 Å². The first-order valence-electron chi connectivity index (χ1n) is 8.36. The molecule has 0 aliphatic carbocycles. The summed E-state index contributed by atoms with van der Waals surface area (Å²) in [4.78, 5) is 12.3. The van der Waals surface area contributed by atoms with E-state index in [2.05, 4.69) is 32.3 Å². The molecule has 0 fully saturated rings. The molecule has 3 aromatic rings. The Balaban J connectivity index is 1.55. The van der Waals surface area contributed by atoms with Crippen molar-refractivity contribution in [1.29, 1.82) is 0 Å². The SMILES string of the molecule is C=CCn1c(C)nnc1SCc1nnc(C(=O)NCc2ccc(C)cc2)s1. The lowest BCUT2D eigenvalue weighted by Gasteiger charge is -2.03. The van der Waals surface area contributed by atoms with E-state index in [9.17, 15) is 4.79 Å². The third kappa shape index (κ3) is 5.01. The van der Waals surface area contributed by atoms with Crippen molar-refractivity contribution < 1.29 is 4.79 Å². The zero-order valence-corrected chi connectivity index (χ0v) is 16.8. The van der Waals surface area contributed by atoms with Gasteiger partial charge in [0.15, 0.2) is 5.16 Å². The second-order valence-corrected chi connectivity index (χ2v) is 7.89. The summed E-state index contributed by atoms with van der Waals surface area (Å²) < 4.78 is 1.98. The molecule has 0 aliphatic rings. The number of allylic oxidation sites excluding steroid dienone is 1. The van der Waals surface area contributed by atoms with E-state index in [1.54, 1.807) is 0 Å². The predicted molar refractivity (Wildman–Crippen MR) is 107 cm³/mol. The van der Waals surface area contributed by atoms with Gasteiger partial charge in [-0.1, -0.05) is 59.0 Å². The van der Waals surface area contributed by atoms with Gasteiger partial charge in [0.05, 0.1) is 5.75 Å². The molecule has 0 saturated heterocycles. The second kappa shape index (κ2) is 8.92. The summed E-state index contributed by atoms with van der Waals surface area (Å²) in [6.45, 7) is 8.81. The first-order chi connectivity index (χ1) is 13.1. The number of carbonyl (C=O) groups excluding carboxylic acids is 1. The molecule has 9 heteroatoms. The monoisotopic (exact) mass is 400 g/mol. The molecular weight excluding hydrogens is 380 g/mol. The van der Waals surface area contributed by atoms with E-state index in [0.29, 0.717) is 23.8 Å². The normalized spacial score (nSPS) is 10.7. The third-order valence-corrected chi connectivity index (χ3v) is 5.86. The molecular formula is C18H20N6OS2. The van der Waals surface area contributed by atoms with E-state index in [-0.39, 0.29) is 5.91 Å². The van der Waals surface area contributed by atoms with E-state index in [4.69, 9.17) is 0 Å². The number of aryl methyl sites for hydroxylation is 2. The highest BCUT2D eigenvalue weighted by Gasteiger charge is 2.14. The van der Waals surface area contributed by atoms with Gasteiger partial charge in [0.25, 0.3) is 5.91 Å². The summed E-state index contributed by atoms with van der Waals surface area (Å²) >= 11 is 2.81. The van der Waals surface area contributed by atoms with E-state index in [0.717, 1.165) is 21.6 Å². The number of amides is 1. The fraction of sp³-hybridized carbons (Fsp3) is 0.278. The molecule has 3 rings (SSSR count). The van der Waals surface area contributed by atoms with Crippen LogP contribution in [0.25, 0.3) is 0 Å². The Labute approximate surface area is 165 Å². The van der Waals surface area contributed by atoms with E-state index >= 15 is 0 Å². The molecule has 2 heterocycles. The number of rotatable bonds is 8. The molecule has 27 heavy (non-hydrogen) atoms. The van der Waals surface area contributed by atoms with Gasteiger partial charge in [0, 0.05) is 13.1 Å². The number of benzene rings is 1. The number of hydrogen-bond donors (Lipinski definition) is 1. The van der Waals surface area contributed by atoms with Crippen molar-refractivity contribution in [2.75, 3.05) is 0 Å². The van der Waals surface area contributed by atoms with Gasteiger partial charge in [-0.25, -0.2) is 0 Å². The Hall–Kier alpha value is -2.52. The largest absolute Gasteiger partial charge is 0.346 e. The number of nitrogens with one attached hydrogen (secondary N) is 1. The minimum absolute atomic E-state index is 0.213. The lowest BCUT2D eigenvalue weighted by Crippen LogP contribution is -2.22. The molecule has 1 amide bonds. The first kappa shape index (κ1) is 19.2. The topological polar surface area (TPSA) is 85.6 Å². The van der Waals surface area contributed by atoms with Crippen LogP contribution in [0.3, 0.4) is 0 Å². The summed E-state index contributed by atoms with van der Waals surface area (Å²) in [7, 11) is 0. The van der Waals surface area contributed by atoms with Gasteiger partial charge >= 0.3 is 0 Å². The smallest absolute Gasteiger partial charge is 0.282 e. The summed E-state index contributed by atoms with van der Waals surface area (Å²) in [5, 5.41) is 21.2. The van der Waals surface area contributed by atoms with E-state index in [1.807, 2.05) is 48.8 Å². The Bertz CT molecular complexity index is 932. The Morgan fingerprint density at radius 2 is 2.00 bits per heavy atom. The maximum atomic E-state index is 12.3. The molecule has 0 atom stereocenters. The van der Waals surface area contributed by atoms with Crippen LogP contribution in [0.15, 0.2) is 42.1 Å². The Morgan fingerprint density at radius 1 is 1.22 bits per heavy atom. The van der Waals surface area contributed by atoms with Gasteiger partial charge < -0.3 is 9.88 Å². The molecule has 0 aliphatic heterocycles. The minimum atomic E-state index is -0.213. The lowest BCUT2D eigenvalue weighted by molar-refractivity contribution is 0.0950. The van der Waals surface area contributed by atoms with Gasteiger partial charge in [0.1, 0.15) is 10.8 Å². The number of hydrogen-bond acceptors (Lipinski definition) is 7. The molecule has 2 aromatic heterocycles. The summed E-state index contributed by atoms with van der Waals surface area (Å²) in [5.74, 6) is 1.21. The average Bonchev–Trinajstić information content (AvgIpc) is 3.27. The summed E-state index contributed by atoms with van der Waals surface area (Å²) in [6, 6.07) is 8.04. The highest BCUT2D eigenvalue weighted by molar-refractivity contribution is 7.98. The van der Waals surface area contributed by atoms with E-state index in [1.165, 1.54) is 28.7 Å². The molecule has 7 nitrogen and oxygen atoms in total. The van der Waals surface area contributed by atoms with Crippen LogP contribution in [0.5, 0.6) is 0 Å². The first-order valence-corrected chi connectivity index (χ1v) is 10.2. The highest BCUT2D eigenvalue weighted by Crippen LogP contribution is 2.23. The molecule has 140 valence electrons. The van der Waals surface area contributed by atoms with Crippen LogP contribution < -0.4 is 5.32 Å². The van der Waals surface area contributed by atoms with Crippen LogP contribution in [0.2, 0.25) is 0 Å². The third-order valence-electron chi connectivity index (χ3n) is 3.77. The van der Waals surface area contributed by atoms with Crippen molar-refractivity contribution in [3.05, 3.63) is 63.9 Å². The molecule has 0 bridgehead atoms. The Kier molecular flexibility index (Phi) is 6.36. The summed E-state index contributed by atoms with van der Waals surface area (Å²) in [6.07, 6.45) is 1.81. The zero-order chi connectivity index (χ0) is 19.2. The van der Waals surface area contributed by atoms with Gasteiger partial charge in [-0.05, 0) is 19.4 Å². The van der Waals surface area contributed by atoms with E-state index < -0.39 is 0 Å². The van der Waals surface area contributed by atoms with Crippen LogP contribution in [0.4, 0.5) is 0 Å². The molecule has 1 aromatic carbocycles. The number of aromatic nitrogens is 5. The fourth-order valence-corrected chi connectivity index (χ4v) is 4.04. The highest BCUT2D eigenvalue weighted by atomic mass is 32.2. The lowest BCUT2D eigenvalue weighted by atomic mass is 10.1. The van der Waals surface area contributed by atoms with Crippen LogP contribution in [-0.4, -0.2) is 30.9 Å². The maximum absolute atomic E-state index is 12.3. The molecule has 0 saturated carbocycles. The second-order valence-electron chi connectivity index (χ2n) is 5.89. The van der Waals surface area contributed by atoms with Crippen molar-refractivity contribution in [2.24, 2.45) is 0 Å². The van der Waals surface area contributed by atoms with Gasteiger partial charge in [-0.2, -0.15) is 0 Å². The van der Waals surface area contributed by atoms with Crippen LogP contribution in [0, 0.1) is 13.8 Å². The van der Waals surface area contributed by atoms with Crippen LogP contribution in [0.1, 0.15) is 31.8 Å². The standard InChI is InChI=1S/C18H20N6OS2/c1-4-9-24-13(3)20-23-18(24)26-11-15-21-22-17(27-15)16(25)19-10-14-7-5-12(2)6-8-14/h4-8H,1,9-11H2,2-3H3,(H,19,25). The number of nitrogens with zero attached hydrogens (tertiary/aromatic N) is 5. The summed E-state index contributed by atoms with van der Waals surface area (Å²) in [5.41, 5.74) is 2.24. The van der Waals surface area contributed by atoms with Gasteiger partial charge in [0.2, 0.25) is 5.01 Å². The number of carbonyl (C=O) groups is 1. The molecule has 0 spiro atoms. The zero-order valence-electron chi connectivity index (χ0n) is 15.2. The van der Waals surface area contributed by atoms with Crippen molar-refractivity contribution in [3.63, 3.8) is 0 Å². The van der Waals surface area contributed by atoms with Gasteiger partial charge in [-0.15, -0.1) is 27.0 Å². The molecule has 1 N–H and O–H groups in total. The van der Waals surface area contributed by atoms with Crippen molar-refractivity contribution in [3.8, 4) is 0 Å². The minimum Gasteiger partial charge on any atom is -0.346 e. The Morgan fingerprint density at radius 3 is 2.74 bits per heavy atom. The van der Waals surface area contributed by atoms with Crippen LogP contribution in [-0.2, 0) is 18.8 Å². The predicted octanol–water partition coefficient (Wildman–Crippen LogP) is 3.15. The molecule has 0 unspecified atom stereocenters. The van der Waals surface area contributed by atoms with Crippen molar-refractivity contribution in [2.45, 2.75) is 37.8 Å². The quantitative estimate of drug-likeness (QED) is 0.462. The maximum Gasteiger partial charge on any atom is 0.282 e. The van der Waals surface area contributed by atoms with Crippen molar-refractivity contribution in [1.82, 2.24) is 30.3 Å². The van der Waals surface area contributed by atoms with Gasteiger partial charge in [-0.3, -0.25) is 4.79 Å². The fourth-order valence-electron chi connectivity index (χ4n) is 2.30.